The van der Waals surface area contributed by atoms with Crippen LogP contribution in [0.3, 0.4) is 0 Å². The topological polar surface area (TPSA) is 75.6 Å². The van der Waals surface area contributed by atoms with Crippen LogP contribution in [0, 0.1) is 10.1 Å². The Balaban J connectivity index is 2.01. The molecule has 2 rings (SSSR count). The Bertz CT molecular complexity index is 482. The molecule has 0 amide bonds. The van der Waals surface area contributed by atoms with Gasteiger partial charge in [0.1, 0.15) is 5.69 Å². The van der Waals surface area contributed by atoms with Crippen LogP contribution < -0.4 is 5.73 Å². The SMILES string of the molecule is CN(C)C1CCN(Cc2cccc([N+](=O)[O-])c2N)CC1. The van der Waals surface area contributed by atoms with Crippen LogP contribution >= 0.6 is 0 Å². The number of hydrogen-bond acceptors (Lipinski definition) is 5. The molecule has 0 unspecified atom stereocenters. The second-order valence-electron chi connectivity index (χ2n) is 5.58. The third kappa shape index (κ3) is 3.26. The van der Waals surface area contributed by atoms with Crippen molar-refractivity contribution in [2.24, 2.45) is 0 Å². The molecule has 0 aliphatic carbocycles. The van der Waals surface area contributed by atoms with Gasteiger partial charge in [0.25, 0.3) is 5.69 Å². The van der Waals surface area contributed by atoms with Gasteiger partial charge in [0.2, 0.25) is 0 Å². The van der Waals surface area contributed by atoms with Crippen LogP contribution in [0.4, 0.5) is 11.4 Å². The Hall–Kier alpha value is -1.66. The van der Waals surface area contributed by atoms with E-state index in [-0.39, 0.29) is 5.69 Å². The Labute approximate surface area is 119 Å². The Kier molecular flexibility index (Phi) is 4.57. The number of anilines is 1. The van der Waals surface area contributed by atoms with Crippen LogP contribution in [0.2, 0.25) is 0 Å². The van der Waals surface area contributed by atoms with Crippen molar-refractivity contribution in [3.8, 4) is 0 Å². The van der Waals surface area contributed by atoms with Gasteiger partial charge in [0.05, 0.1) is 4.92 Å². The molecule has 1 aliphatic heterocycles. The summed E-state index contributed by atoms with van der Waals surface area (Å²) >= 11 is 0. The van der Waals surface area contributed by atoms with Gasteiger partial charge in [-0.3, -0.25) is 15.0 Å². The second-order valence-corrected chi connectivity index (χ2v) is 5.58. The number of nitrogen functional groups attached to an aromatic ring is 1. The van der Waals surface area contributed by atoms with E-state index in [1.165, 1.54) is 6.07 Å². The largest absolute Gasteiger partial charge is 0.393 e. The van der Waals surface area contributed by atoms with Crippen molar-refractivity contribution in [2.75, 3.05) is 32.9 Å². The van der Waals surface area contributed by atoms with E-state index in [1.807, 2.05) is 6.07 Å². The predicted octanol–water partition coefficient (Wildman–Crippen LogP) is 1.70. The molecular formula is C14H22N4O2. The number of rotatable bonds is 4. The number of piperidine rings is 1. The lowest BCUT2D eigenvalue weighted by molar-refractivity contribution is -0.384. The van der Waals surface area contributed by atoms with Gasteiger partial charge in [-0.25, -0.2) is 0 Å². The van der Waals surface area contributed by atoms with Gasteiger partial charge in [-0.1, -0.05) is 12.1 Å². The number of hydrogen-bond donors (Lipinski definition) is 1. The zero-order chi connectivity index (χ0) is 14.7. The molecule has 1 aromatic carbocycles. The molecule has 110 valence electrons. The number of likely N-dealkylation sites (tertiary alicyclic amines) is 1. The predicted molar refractivity (Wildman–Crippen MR) is 79.5 cm³/mol. The monoisotopic (exact) mass is 278 g/mol. The quantitative estimate of drug-likeness (QED) is 0.515. The van der Waals surface area contributed by atoms with Crippen LogP contribution in [0.15, 0.2) is 18.2 Å². The highest BCUT2D eigenvalue weighted by Crippen LogP contribution is 2.26. The van der Waals surface area contributed by atoms with Crippen LogP contribution in [0.25, 0.3) is 0 Å². The molecule has 0 atom stereocenters. The third-order valence-electron chi connectivity index (χ3n) is 4.05. The Morgan fingerprint density at radius 3 is 2.60 bits per heavy atom. The summed E-state index contributed by atoms with van der Waals surface area (Å²) in [7, 11) is 4.22. The summed E-state index contributed by atoms with van der Waals surface area (Å²) in [4.78, 5) is 15.0. The van der Waals surface area contributed by atoms with Crippen LogP contribution in [0.5, 0.6) is 0 Å². The lowest BCUT2D eigenvalue weighted by atomic mass is 10.0. The first-order chi connectivity index (χ1) is 9.49. The van der Waals surface area contributed by atoms with Crippen molar-refractivity contribution in [1.82, 2.24) is 9.80 Å². The van der Waals surface area contributed by atoms with Gasteiger partial charge in [-0.2, -0.15) is 0 Å². The summed E-state index contributed by atoms with van der Waals surface area (Å²) < 4.78 is 0. The molecule has 1 saturated heterocycles. The van der Waals surface area contributed by atoms with Crippen molar-refractivity contribution in [2.45, 2.75) is 25.4 Å². The van der Waals surface area contributed by atoms with Crippen LogP contribution in [-0.4, -0.2) is 47.9 Å². The van der Waals surface area contributed by atoms with E-state index in [0.717, 1.165) is 31.5 Å². The van der Waals surface area contributed by atoms with E-state index >= 15 is 0 Å². The third-order valence-corrected chi connectivity index (χ3v) is 4.05. The molecule has 2 N–H and O–H groups in total. The lowest BCUT2D eigenvalue weighted by Gasteiger charge is -2.35. The number of nitro groups is 1. The number of benzene rings is 1. The molecular weight excluding hydrogens is 256 g/mol. The van der Waals surface area contributed by atoms with Crippen molar-refractivity contribution >= 4 is 11.4 Å². The zero-order valence-electron chi connectivity index (χ0n) is 12.1. The molecule has 0 spiro atoms. The summed E-state index contributed by atoms with van der Waals surface area (Å²) in [6.45, 7) is 2.70. The highest BCUT2D eigenvalue weighted by Gasteiger charge is 2.22. The highest BCUT2D eigenvalue weighted by atomic mass is 16.6. The minimum absolute atomic E-state index is 0.00526. The van der Waals surface area contributed by atoms with Crippen molar-refractivity contribution in [1.29, 1.82) is 0 Å². The summed E-state index contributed by atoms with van der Waals surface area (Å²) in [6.07, 6.45) is 2.25. The normalized spacial score (nSPS) is 17.6. The first-order valence-corrected chi connectivity index (χ1v) is 6.89. The van der Waals surface area contributed by atoms with Gasteiger partial charge >= 0.3 is 0 Å². The molecule has 1 aliphatic rings. The van der Waals surface area contributed by atoms with Crippen molar-refractivity contribution in [3.05, 3.63) is 33.9 Å². The molecule has 0 aromatic heterocycles. The van der Waals surface area contributed by atoms with E-state index in [2.05, 4.69) is 23.9 Å². The molecule has 1 heterocycles. The fourth-order valence-electron chi connectivity index (χ4n) is 2.73. The van der Waals surface area contributed by atoms with E-state index in [1.54, 1.807) is 6.07 Å². The molecule has 6 nitrogen and oxygen atoms in total. The van der Waals surface area contributed by atoms with Gasteiger partial charge in [-0.05, 0) is 45.6 Å². The fourth-order valence-corrected chi connectivity index (χ4v) is 2.73. The Morgan fingerprint density at radius 2 is 2.05 bits per heavy atom. The fraction of sp³-hybridized carbons (Fsp3) is 0.571. The molecule has 1 fully saturated rings. The van der Waals surface area contributed by atoms with Crippen molar-refractivity contribution < 1.29 is 4.92 Å². The molecule has 0 saturated carbocycles. The first kappa shape index (κ1) is 14.7. The maximum Gasteiger partial charge on any atom is 0.292 e. The lowest BCUT2D eigenvalue weighted by Crippen LogP contribution is -2.41. The number of nitrogens with zero attached hydrogens (tertiary/aromatic N) is 3. The van der Waals surface area contributed by atoms with Crippen molar-refractivity contribution in [3.63, 3.8) is 0 Å². The second kappa shape index (κ2) is 6.19. The van der Waals surface area contributed by atoms with Gasteiger partial charge in [0, 0.05) is 18.7 Å². The number of nitrogens with two attached hydrogens (primary N) is 1. The summed E-state index contributed by atoms with van der Waals surface area (Å²) in [5.41, 5.74) is 7.05. The average Bonchev–Trinajstić information content (AvgIpc) is 2.41. The summed E-state index contributed by atoms with van der Waals surface area (Å²) in [6, 6.07) is 5.67. The molecule has 20 heavy (non-hydrogen) atoms. The molecule has 1 aromatic rings. The molecule has 6 heteroatoms. The average molecular weight is 278 g/mol. The van der Waals surface area contributed by atoms with E-state index in [4.69, 9.17) is 5.73 Å². The standard InChI is InChI=1S/C14H22N4O2/c1-16(2)12-6-8-17(9-7-12)10-11-4-3-5-13(14(11)15)18(19)20/h3-5,12H,6-10,15H2,1-2H3. The van der Waals surface area contributed by atoms with Gasteiger partial charge in [-0.15, -0.1) is 0 Å². The highest BCUT2D eigenvalue weighted by molar-refractivity contribution is 5.62. The minimum Gasteiger partial charge on any atom is -0.393 e. The first-order valence-electron chi connectivity index (χ1n) is 6.89. The maximum absolute atomic E-state index is 10.9. The number of para-hydroxylation sites is 1. The van der Waals surface area contributed by atoms with E-state index in [9.17, 15) is 10.1 Å². The van der Waals surface area contributed by atoms with E-state index < -0.39 is 4.92 Å². The maximum atomic E-state index is 10.9. The smallest absolute Gasteiger partial charge is 0.292 e. The van der Waals surface area contributed by atoms with Crippen LogP contribution in [-0.2, 0) is 6.54 Å². The van der Waals surface area contributed by atoms with E-state index in [0.29, 0.717) is 18.3 Å². The van der Waals surface area contributed by atoms with Gasteiger partial charge in [0.15, 0.2) is 0 Å². The Morgan fingerprint density at radius 1 is 1.40 bits per heavy atom. The summed E-state index contributed by atoms with van der Waals surface area (Å²) in [5, 5.41) is 10.9. The minimum atomic E-state index is -0.420. The van der Waals surface area contributed by atoms with Crippen LogP contribution in [0.1, 0.15) is 18.4 Å². The molecule has 0 bridgehead atoms. The summed E-state index contributed by atoms with van der Waals surface area (Å²) in [5.74, 6) is 0. The zero-order valence-corrected chi connectivity index (χ0v) is 12.1. The molecule has 0 radical (unpaired) electrons. The van der Waals surface area contributed by atoms with Gasteiger partial charge < -0.3 is 10.6 Å². The number of nitro benzene ring substituents is 1.